The molecule has 4 aromatic heterocycles. The monoisotopic (exact) mass is 380 g/mol. The van der Waals surface area contributed by atoms with Crippen molar-refractivity contribution in [3.8, 4) is 0 Å². The predicted molar refractivity (Wildman–Crippen MR) is 91.3 cm³/mol. The summed E-state index contributed by atoms with van der Waals surface area (Å²) in [5, 5.41) is 9.01. The first-order valence-electron chi connectivity index (χ1n) is 7.95. The highest BCUT2D eigenvalue weighted by Crippen LogP contribution is 2.31. The Morgan fingerprint density at radius 3 is 2.62 bits per heavy atom. The second kappa shape index (κ2) is 5.76. The maximum atomic E-state index is 12.8. The molecular weight excluding hydrogens is 365 g/mol. The molecule has 0 spiro atoms. The van der Waals surface area contributed by atoms with E-state index in [0.717, 1.165) is 27.5 Å². The minimum Gasteiger partial charge on any atom is -0.269 e. The van der Waals surface area contributed by atoms with Crippen LogP contribution in [0.5, 0.6) is 0 Å². The third-order valence-corrected chi connectivity index (χ3v) is 5.48. The average Bonchev–Trinajstić information content (AvgIpc) is 3.21. The number of aryl methyl sites for hydroxylation is 5. The van der Waals surface area contributed by atoms with Gasteiger partial charge in [-0.15, -0.1) is 16.4 Å². The van der Waals surface area contributed by atoms with Gasteiger partial charge in [0.05, 0.1) is 5.39 Å². The maximum Gasteiger partial charge on any atom is 0.435 e. The second-order valence-electron chi connectivity index (χ2n) is 6.15. The van der Waals surface area contributed by atoms with Gasteiger partial charge in [0.15, 0.2) is 17.2 Å². The van der Waals surface area contributed by atoms with Crippen molar-refractivity contribution in [1.29, 1.82) is 0 Å². The molecule has 0 N–H and O–H groups in total. The van der Waals surface area contributed by atoms with Crippen LogP contribution in [-0.2, 0) is 19.1 Å². The summed E-state index contributed by atoms with van der Waals surface area (Å²) in [6.45, 7) is 5.94. The molecule has 136 valence electrons. The topological polar surface area (TPSA) is 60.9 Å². The number of halogens is 3. The lowest BCUT2D eigenvalue weighted by Crippen LogP contribution is -2.10. The zero-order valence-corrected chi connectivity index (χ0v) is 15.1. The number of rotatable bonds is 3. The predicted octanol–water partition coefficient (Wildman–Crippen LogP) is 3.72. The largest absolute Gasteiger partial charge is 0.435 e. The molecule has 0 atom stereocenters. The zero-order chi connectivity index (χ0) is 18.6. The molecule has 0 bridgehead atoms. The van der Waals surface area contributed by atoms with Crippen LogP contribution in [0.15, 0.2) is 12.4 Å². The number of hydrogen-bond acceptors (Lipinski definition) is 5. The fourth-order valence-corrected chi connectivity index (χ4v) is 3.87. The first-order valence-corrected chi connectivity index (χ1v) is 8.77. The number of hydrogen-bond donors (Lipinski definition) is 0. The van der Waals surface area contributed by atoms with Gasteiger partial charge in [0.1, 0.15) is 11.2 Å². The van der Waals surface area contributed by atoms with Gasteiger partial charge in [-0.3, -0.25) is 4.68 Å². The Morgan fingerprint density at radius 2 is 1.92 bits per heavy atom. The van der Waals surface area contributed by atoms with Crippen molar-refractivity contribution in [1.82, 2.24) is 29.4 Å². The molecule has 4 rings (SSSR count). The minimum absolute atomic E-state index is 0.275. The Hall–Kier alpha value is -2.49. The van der Waals surface area contributed by atoms with E-state index in [4.69, 9.17) is 0 Å². The van der Waals surface area contributed by atoms with E-state index in [9.17, 15) is 13.2 Å². The standard InChI is InChI=1S/C16H15F3N6S/c1-8-6-11(16(17,18)19)22-24(8)5-4-12-21-14-13-9(2)10(3)26-15(13)20-7-25(14)23-12/h6-7H,4-5H2,1-3H3. The molecule has 0 radical (unpaired) electrons. The van der Waals surface area contributed by atoms with Crippen molar-refractivity contribution >= 4 is 27.2 Å². The van der Waals surface area contributed by atoms with Crippen LogP contribution in [0.3, 0.4) is 0 Å². The molecule has 0 aliphatic heterocycles. The quantitative estimate of drug-likeness (QED) is 0.543. The number of fused-ring (bicyclic) bond motifs is 3. The van der Waals surface area contributed by atoms with Gasteiger partial charge >= 0.3 is 6.18 Å². The van der Waals surface area contributed by atoms with Crippen LogP contribution in [0.2, 0.25) is 0 Å². The molecule has 26 heavy (non-hydrogen) atoms. The Bertz CT molecular complexity index is 1120. The van der Waals surface area contributed by atoms with E-state index in [0.29, 0.717) is 17.9 Å². The summed E-state index contributed by atoms with van der Waals surface area (Å²) < 4.78 is 41.2. The average molecular weight is 380 g/mol. The lowest BCUT2D eigenvalue weighted by molar-refractivity contribution is -0.141. The molecular formula is C16H15F3N6S. The van der Waals surface area contributed by atoms with Crippen molar-refractivity contribution in [2.45, 2.75) is 39.9 Å². The van der Waals surface area contributed by atoms with Crippen LogP contribution in [0, 0.1) is 20.8 Å². The smallest absolute Gasteiger partial charge is 0.269 e. The van der Waals surface area contributed by atoms with E-state index in [1.54, 1.807) is 29.1 Å². The van der Waals surface area contributed by atoms with Gasteiger partial charge in [-0.1, -0.05) is 0 Å². The van der Waals surface area contributed by atoms with E-state index in [1.807, 2.05) is 13.8 Å². The van der Waals surface area contributed by atoms with Crippen LogP contribution in [0.25, 0.3) is 15.9 Å². The van der Waals surface area contributed by atoms with E-state index in [-0.39, 0.29) is 6.54 Å². The lowest BCUT2D eigenvalue weighted by atomic mass is 10.2. The lowest BCUT2D eigenvalue weighted by Gasteiger charge is -2.02. The SMILES string of the molecule is Cc1sc2ncn3nc(CCn4nc(C(F)(F)F)cc4C)nc3c2c1C. The fraction of sp³-hybridized carbons (Fsp3) is 0.375. The molecule has 0 amide bonds. The van der Waals surface area contributed by atoms with Crippen LogP contribution >= 0.6 is 11.3 Å². The van der Waals surface area contributed by atoms with Gasteiger partial charge in [-0.25, -0.2) is 14.5 Å². The van der Waals surface area contributed by atoms with Gasteiger partial charge in [0.2, 0.25) is 0 Å². The van der Waals surface area contributed by atoms with Gasteiger partial charge in [-0.2, -0.15) is 18.3 Å². The second-order valence-corrected chi connectivity index (χ2v) is 7.35. The van der Waals surface area contributed by atoms with Crippen molar-refractivity contribution in [2.24, 2.45) is 0 Å². The first-order chi connectivity index (χ1) is 12.2. The van der Waals surface area contributed by atoms with E-state index in [2.05, 4.69) is 20.2 Å². The maximum absolute atomic E-state index is 12.8. The summed E-state index contributed by atoms with van der Waals surface area (Å²) in [5.41, 5.74) is 1.42. The summed E-state index contributed by atoms with van der Waals surface area (Å²) in [6.07, 6.45) is -2.45. The van der Waals surface area contributed by atoms with Crippen LogP contribution in [0.1, 0.15) is 27.7 Å². The van der Waals surface area contributed by atoms with Gasteiger partial charge < -0.3 is 0 Å². The van der Waals surface area contributed by atoms with Crippen LogP contribution in [0.4, 0.5) is 13.2 Å². The number of alkyl halides is 3. The molecule has 10 heteroatoms. The molecule has 0 fully saturated rings. The fourth-order valence-electron chi connectivity index (χ4n) is 2.88. The van der Waals surface area contributed by atoms with Crippen molar-refractivity contribution < 1.29 is 13.2 Å². The first kappa shape index (κ1) is 17.0. The molecule has 6 nitrogen and oxygen atoms in total. The van der Waals surface area contributed by atoms with E-state index in [1.165, 1.54) is 9.56 Å². The molecule has 0 aliphatic rings. The Morgan fingerprint density at radius 1 is 1.15 bits per heavy atom. The third-order valence-electron chi connectivity index (χ3n) is 4.37. The van der Waals surface area contributed by atoms with Crippen molar-refractivity contribution in [3.05, 3.63) is 40.0 Å². The molecule has 0 unspecified atom stereocenters. The molecule has 0 saturated heterocycles. The Balaban J connectivity index is 1.64. The normalized spacial score (nSPS) is 12.5. The summed E-state index contributed by atoms with van der Waals surface area (Å²) in [4.78, 5) is 11.1. The summed E-state index contributed by atoms with van der Waals surface area (Å²) in [6, 6.07) is 1.04. The van der Waals surface area contributed by atoms with Crippen LogP contribution in [-0.4, -0.2) is 29.4 Å². The summed E-state index contributed by atoms with van der Waals surface area (Å²) in [5.74, 6) is 0.547. The van der Waals surface area contributed by atoms with Gasteiger partial charge in [0, 0.05) is 23.5 Å². The highest BCUT2D eigenvalue weighted by Gasteiger charge is 2.34. The minimum atomic E-state index is -4.44. The van der Waals surface area contributed by atoms with Crippen molar-refractivity contribution in [2.75, 3.05) is 0 Å². The van der Waals surface area contributed by atoms with Crippen LogP contribution < -0.4 is 0 Å². The highest BCUT2D eigenvalue weighted by atomic mass is 32.1. The summed E-state index contributed by atoms with van der Waals surface area (Å²) in [7, 11) is 0. The molecule has 0 aromatic carbocycles. The van der Waals surface area contributed by atoms with Gasteiger partial charge in [-0.05, 0) is 32.4 Å². The molecule has 4 heterocycles. The molecule has 4 aromatic rings. The van der Waals surface area contributed by atoms with Gasteiger partial charge in [0.25, 0.3) is 0 Å². The van der Waals surface area contributed by atoms with Crippen molar-refractivity contribution in [3.63, 3.8) is 0 Å². The highest BCUT2D eigenvalue weighted by molar-refractivity contribution is 7.18. The van der Waals surface area contributed by atoms with E-state index >= 15 is 0 Å². The number of thiophene rings is 1. The molecule has 0 saturated carbocycles. The van der Waals surface area contributed by atoms with E-state index < -0.39 is 11.9 Å². The number of nitrogens with zero attached hydrogens (tertiary/aromatic N) is 6. The third kappa shape index (κ3) is 2.74. The molecule has 0 aliphatic carbocycles. The summed E-state index contributed by atoms with van der Waals surface area (Å²) >= 11 is 1.61. The number of aromatic nitrogens is 6. The Kier molecular flexibility index (Phi) is 3.76. The zero-order valence-electron chi connectivity index (χ0n) is 14.3. The Labute approximate surface area is 150 Å².